The lowest BCUT2D eigenvalue weighted by atomic mass is 9.94. The summed E-state index contributed by atoms with van der Waals surface area (Å²) in [6.07, 6.45) is 5.23. The van der Waals surface area contributed by atoms with Gasteiger partial charge in [-0.2, -0.15) is 5.10 Å². The van der Waals surface area contributed by atoms with E-state index in [4.69, 9.17) is 9.15 Å². The molecule has 0 N–H and O–H groups in total. The second kappa shape index (κ2) is 6.85. The fourth-order valence-electron chi connectivity index (χ4n) is 4.47. The van der Waals surface area contributed by atoms with E-state index in [1.165, 1.54) is 12.3 Å². The van der Waals surface area contributed by atoms with Crippen molar-refractivity contribution in [1.29, 1.82) is 0 Å². The first-order valence-corrected chi connectivity index (χ1v) is 10.7. The van der Waals surface area contributed by atoms with Crippen LogP contribution in [0.3, 0.4) is 0 Å². The number of piperidine rings is 1. The van der Waals surface area contributed by atoms with Gasteiger partial charge in [0.25, 0.3) is 5.91 Å². The van der Waals surface area contributed by atoms with Crippen LogP contribution in [0.5, 0.6) is 0 Å². The smallest absolute Gasteiger partial charge is 0.260 e. The minimum atomic E-state index is -1.62. The molecule has 1 amide bonds. The minimum absolute atomic E-state index is 0.110. The summed E-state index contributed by atoms with van der Waals surface area (Å²) in [4.78, 5) is 18.4. The molecular weight excluding hydrogens is 406 g/mol. The van der Waals surface area contributed by atoms with Crippen molar-refractivity contribution in [2.45, 2.75) is 43.3 Å². The number of hydrogen-bond acceptors (Lipinski definition) is 5. The first kappa shape index (κ1) is 18.9. The van der Waals surface area contributed by atoms with Crippen LogP contribution in [0, 0.1) is 5.82 Å². The van der Waals surface area contributed by atoms with E-state index in [1.807, 2.05) is 6.07 Å². The Kier molecular flexibility index (Phi) is 4.18. The Labute approximate surface area is 177 Å². The third-order valence-electron chi connectivity index (χ3n) is 6.67. The topological polar surface area (TPSA) is 73.4 Å². The minimum Gasteiger partial charge on any atom is -0.444 e. The summed E-state index contributed by atoms with van der Waals surface area (Å²) in [5, 5.41) is 4.78. The van der Waals surface area contributed by atoms with E-state index in [9.17, 15) is 13.6 Å². The molecule has 3 fully saturated rings. The number of benzene rings is 1. The van der Waals surface area contributed by atoms with Gasteiger partial charge in [-0.25, -0.2) is 13.8 Å². The average molecular weight is 428 g/mol. The number of halogens is 2. The average Bonchev–Trinajstić information content (AvgIpc) is 3.15. The monoisotopic (exact) mass is 428 g/mol. The Balaban J connectivity index is 1.21. The maximum Gasteiger partial charge on any atom is 0.260 e. The summed E-state index contributed by atoms with van der Waals surface area (Å²) in [5.74, 6) is -0.259. The zero-order valence-corrected chi connectivity index (χ0v) is 16.9. The number of alkyl halides is 1. The fraction of sp³-hybridized carbons (Fsp3) is 0.500. The van der Waals surface area contributed by atoms with Gasteiger partial charge in [0.05, 0.1) is 42.0 Å². The van der Waals surface area contributed by atoms with Crippen molar-refractivity contribution in [2.75, 3.05) is 26.3 Å². The van der Waals surface area contributed by atoms with Gasteiger partial charge in [0.15, 0.2) is 5.67 Å². The summed E-state index contributed by atoms with van der Waals surface area (Å²) < 4.78 is 41.5. The van der Waals surface area contributed by atoms with Crippen LogP contribution in [-0.2, 0) is 9.53 Å². The number of likely N-dealkylation sites (tertiary alicyclic amines) is 1. The molecule has 6 rings (SSSR count). The van der Waals surface area contributed by atoms with Gasteiger partial charge in [-0.15, -0.1) is 0 Å². The number of carbonyl (C=O) groups excluding carboxylic acids is 1. The molecule has 2 aliphatic heterocycles. The molecule has 3 aromatic rings. The van der Waals surface area contributed by atoms with Crippen LogP contribution in [0.2, 0.25) is 0 Å². The van der Waals surface area contributed by atoms with E-state index in [-0.39, 0.29) is 23.7 Å². The molecule has 0 spiro atoms. The normalized spacial score (nSPS) is 21.4. The second-order valence-corrected chi connectivity index (χ2v) is 8.78. The number of hydrogen-bond donors (Lipinski definition) is 0. The van der Waals surface area contributed by atoms with Crippen molar-refractivity contribution in [1.82, 2.24) is 19.7 Å². The lowest BCUT2D eigenvalue weighted by Crippen LogP contribution is -2.43. The lowest BCUT2D eigenvalue weighted by Gasteiger charge is -2.32. The molecule has 4 heterocycles. The molecule has 162 valence electrons. The molecule has 3 aliphatic rings. The molecular formula is C22H22F2N4O3. The van der Waals surface area contributed by atoms with Gasteiger partial charge >= 0.3 is 0 Å². The molecule has 1 saturated carbocycles. The largest absolute Gasteiger partial charge is 0.444 e. The van der Waals surface area contributed by atoms with Crippen LogP contribution in [-0.4, -0.2) is 57.5 Å². The Hall–Kier alpha value is -2.81. The highest BCUT2D eigenvalue weighted by Crippen LogP contribution is 2.42. The summed E-state index contributed by atoms with van der Waals surface area (Å²) >= 11 is 0. The molecule has 0 radical (unpaired) electrons. The summed E-state index contributed by atoms with van der Waals surface area (Å²) in [7, 11) is 0. The molecule has 1 aromatic carbocycles. The van der Waals surface area contributed by atoms with E-state index in [2.05, 4.69) is 10.1 Å². The number of amides is 1. The molecule has 9 heteroatoms. The van der Waals surface area contributed by atoms with Crippen molar-refractivity contribution in [2.24, 2.45) is 0 Å². The van der Waals surface area contributed by atoms with Crippen LogP contribution in [0.25, 0.3) is 22.4 Å². The summed E-state index contributed by atoms with van der Waals surface area (Å²) in [6.45, 7) is 2.16. The SMILES string of the molecule is O=C(N1CCC(c2coc(-c3cc(F)c4cnn(C5COC5)c4c3)n2)CC1)C1(F)CC1. The van der Waals surface area contributed by atoms with Crippen LogP contribution >= 0.6 is 0 Å². The van der Waals surface area contributed by atoms with E-state index in [0.29, 0.717) is 74.3 Å². The highest BCUT2D eigenvalue weighted by atomic mass is 19.1. The van der Waals surface area contributed by atoms with Crippen LogP contribution in [0.4, 0.5) is 8.78 Å². The first-order valence-electron chi connectivity index (χ1n) is 10.7. The van der Waals surface area contributed by atoms with E-state index < -0.39 is 5.67 Å². The van der Waals surface area contributed by atoms with Gasteiger partial charge in [0.2, 0.25) is 5.89 Å². The van der Waals surface area contributed by atoms with Crippen LogP contribution in [0.1, 0.15) is 43.3 Å². The molecule has 7 nitrogen and oxygen atoms in total. The van der Waals surface area contributed by atoms with Crippen LogP contribution in [0.15, 0.2) is 29.0 Å². The zero-order chi connectivity index (χ0) is 21.2. The predicted octanol–water partition coefficient (Wildman–Crippen LogP) is 3.61. The van der Waals surface area contributed by atoms with Crippen molar-refractivity contribution in [3.8, 4) is 11.5 Å². The molecule has 2 saturated heterocycles. The number of fused-ring (bicyclic) bond motifs is 1. The standard InChI is InChI=1S/C22H22F2N4O3/c23-17-7-14(8-19-16(17)9-25-28(19)15-10-30-11-15)20-26-18(12-31-20)13-1-5-27(6-2-13)21(29)22(24)3-4-22/h7-9,12-13,15H,1-6,10-11H2. The van der Waals surface area contributed by atoms with Crippen molar-refractivity contribution in [3.05, 3.63) is 36.1 Å². The maximum absolute atomic E-state index is 14.7. The fourth-order valence-corrected chi connectivity index (χ4v) is 4.47. The number of aromatic nitrogens is 3. The van der Waals surface area contributed by atoms with Crippen molar-refractivity contribution >= 4 is 16.8 Å². The van der Waals surface area contributed by atoms with Gasteiger partial charge in [0.1, 0.15) is 12.1 Å². The number of ether oxygens (including phenoxy) is 1. The molecule has 0 bridgehead atoms. The quantitative estimate of drug-likeness (QED) is 0.635. The van der Waals surface area contributed by atoms with Gasteiger partial charge in [-0.05, 0) is 37.8 Å². The third kappa shape index (κ3) is 3.13. The van der Waals surface area contributed by atoms with Crippen molar-refractivity contribution in [3.63, 3.8) is 0 Å². The van der Waals surface area contributed by atoms with E-state index >= 15 is 0 Å². The molecule has 31 heavy (non-hydrogen) atoms. The van der Waals surface area contributed by atoms with Crippen molar-refractivity contribution < 1.29 is 22.7 Å². The zero-order valence-electron chi connectivity index (χ0n) is 16.9. The molecule has 1 aliphatic carbocycles. The molecule has 2 aromatic heterocycles. The second-order valence-electron chi connectivity index (χ2n) is 8.78. The number of nitrogens with zero attached hydrogens (tertiary/aromatic N) is 4. The third-order valence-corrected chi connectivity index (χ3v) is 6.67. The number of carbonyl (C=O) groups is 1. The van der Waals surface area contributed by atoms with Gasteiger partial charge < -0.3 is 14.1 Å². The predicted molar refractivity (Wildman–Crippen MR) is 107 cm³/mol. The van der Waals surface area contributed by atoms with Crippen LogP contribution < -0.4 is 0 Å². The summed E-state index contributed by atoms with van der Waals surface area (Å²) in [5.41, 5.74) is 0.410. The first-order chi connectivity index (χ1) is 15.0. The van der Waals surface area contributed by atoms with Gasteiger partial charge in [0, 0.05) is 24.6 Å². The highest BCUT2D eigenvalue weighted by Gasteiger charge is 2.53. The van der Waals surface area contributed by atoms with Gasteiger partial charge in [-0.1, -0.05) is 0 Å². The number of rotatable bonds is 4. The number of oxazole rings is 1. The Morgan fingerprint density at radius 3 is 2.65 bits per heavy atom. The maximum atomic E-state index is 14.7. The Morgan fingerprint density at radius 2 is 1.97 bits per heavy atom. The Bertz CT molecular complexity index is 1160. The van der Waals surface area contributed by atoms with Gasteiger partial charge in [-0.3, -0.25) is 9.48 Å². The highest BCUT2D eigenvalue weighted by molar-refractivity contribution is 5.88. The van der Waals surface area contributed by atoms with E-state index in [1.54, 1.807) is 15.8 Å². The molecule has 0 unspecified atom stereocenters. The lowest BCUT2D eigenvalue weighted by molar-refractivity contribution is -0.139. The summed E-state index contributed by atoms with van der Waals surface area (Å²) in [6, 6.07) is 3.37. The van der Waals surface area contributed by atoms with E-state index in [0.717, 1.165) is 5.69 Å². The Morgan fingerprint density at radius 1 is 1.19 bits per heavy atom. The molecule has 0 atom stereocenters.